The van der Waals surface area contributed by atoms with Crippen LogP contribution in [0, 0.1) is 12.7 Å². The number of hydrogen-bond acceptors (Lipinski definition) is 2. The molecule has 3 amide bonds. The van der Waals surface area contributed by atoms with Crippen molar-refractivity contribution in [3.8, 4) is 0 Å². The molecular formula is C18H15FN2O2. The second-order valence-electron chi connectivity index (χ2n) is 5.36. The number of rotatable bonds is 3. The van der Waals surface area contributed by atoms with Crippen LogP contribution in [0.25, 0.3) is 6.08 Å². The quantitative estimate of drug-likeness (QED) is 0.699. The number of hydrogen-bond donors (Lipinski definition) is 1. The molecule has 116 valence electrons. The van der Waals surface area contributed by atoms with Crippen molar-refractivity contribution in [2.75, 3.05) is 0 Å². The van der Waals surface area contributed by atoms with E-state index in [0.29, 0.717) is 5.56 Å². The standard InChI is InChI=1S/C18H15FN2O2/c1-12-4-2-3-5-14(12)10-16-17(22)21(18(23)20-16)11-13-6-8-15(19)9-7-13/h2-10H,11H2,1H3,(H,20,23). The Balaban J connectivity index is 1.82. The normalized spacial score (nSPS) is 16.1. The average molecular weight is 310 g/mol. The second-order valence-corrected chi connectivity index (χ2v) is 5.36. The zero-order chi connectivity index (χ0) is 16.4. The molecule has 1 fully saturated rings. The Morgan fingerprint density at radius 1 is 1.09 bits per heavy atom. The maximum atomic E-state index is 12.9. The SMILES string of the molecule is Cc1ccccc1C=C1NC(=O)N(Cc2ccc(F)cc2)C1=O. The van der Waals surface area contributed by atoms with Gasteiger partial charge in [0, 0.05) is 0 Å². The maximum absolute atomic E-state index is 12.9. The highest BCUT2D eigenvalue weighted by Gasteiger charge is 2.33. The number of nitrogens with zero attached hydrogens (tertiary/aromatic N) is 1. The molecular weight excluding hydrogens is 295 g/mol. The zero-order valence-electron chi connectivity index (χ0n) is 12.5. The van der Waals surface area contributed by atoms with Crippen LogP contribution in [0.5, 0.6) is 0 Å². The first-order valence-electron chi connectivity index (χ1n) is 7.19. The lowest BCUT2D eigenvalue weighted by Gasteiger charge is -2.11. The van der Waals surface area contributed by atoms with E-state index in [9.17, 15) is 14.0 Å². The minimum Gasteiger partial charge on any atom is -0.303 e. The molecule has 0 aliphatic carbocycles. The van der Waals surface area contributed by atoms with Crippen LogP contribution >= 0.6 is 0 Å². The van der Waals surface area contributed by atoms with E-state index in [1.54, 1.807) is 18.2 Å². The van der Waals surface area contributed by atoms with Gasteiger partial charge in [-0.1, -0.05) is 36.4 Å². The van der Waals surface area contributed by atoms with E-state index >= 15 is 0 Å². The lowest BCUT2D eigenvalue weighted by molar-refractivity contribution is -0.123. The minimum absolute atomic E-state index is 0.107. The molecule has 0 unspecified atom stereocenters. The lowest BCUT2D eigenvalue weighted by atomic mass is 10.1. The fraction of sp³-hybridized carbons (Fsp3) is 0.111. The van der Waals surface area contributed by atoms with Gasteiger partial charge in [0.05, 0.1) is 6.54 Å². The van der Waals surface area contributed by atoms with Gasteiger partial charge in [-0.2, -0.15) is 0 Å². The molecule has 2 aromatic carbocycles. The van der Waals surface area contributed by atoms with Gasteiger partial charge in [-0.3, -0.25) is 9.69 Å². The number of urea groups is 1. The fourth-order valence-electron chi connectivity index (χ4n) is 2.39. The molecule has 0 saturated carbocycles. The summed E-state index contributed by atoms with van der Waals surface area (Å²) in [7, 11) is 0. The van der Waals surface area contributed by atoms with Crippen LogP contribution < -0.4 is 5.32 Å². The van der Waals surface area contributed by atoms with Crippen molar-refractivity contribution in [2.45, 2.75) is 13.5 Å². The molecule has 0 atom stereocenters. The Bertz CT molecular complexity index is 797. The fourth-order valence-corrected chi connectivity index (χ4v) is 2.39. The highest BCUT2D eigenvalue weighted by atomic mass is 19.1. The summed E-state index contributed by atoms with van der Waals surface area (Å²) in [4.78, 5) is 25.5. The molecule has 1 saturated heterocycles. The highest BCUT2D eigenvalue weighted by molar-refractivity contribution is 6.13. The van der Waals surface area contributed by atoms with Gasteiger partial charge in [-0.15, -0.1) is 0 Å². The van der Waals surface area contributed by atoms with Gasteiger partial charge in [0.2, 0.25) is 0 Å². The Morgan fingerprint density at radius 2 is 1.78 bits per heavy atom. The first kappa shape index (κ1) is 15.0. The van der Waals surface area contributed by atoms with Crippen LogP contribution in [0.1, 0.15) is 16.7 Å². The summed E-state index contributed by atoms with van der Waals surface area (Å²) in [5.41, 5.74) is 2.82. The predicted molar refractivity (Wildman–Crippen MR) is 84.6 cm³/mol. The predicted octanol–water partition coefficient (Wildman–Crippen LogP) is 3.23. The van der Waals surface area contributed by atoms with Crippen LogP contribution in [0.15, 0.2) is 54.2 Å². The van der Waals surface area contributed by atoms with Crippen molar-refractivity contribution in [3.05, 3.63) is 76.7 Å². The number of amides is 3. The Hall–Kier alpha value is -2.95. The lowest BCUT2D eigenvalue weighted by Crippen LogP contribution is -2.30. The highest BCUT2D eigenvalue weighted by Crippen LogP contribution is 2.18. The topological polar surface area (TPSA) is 49.4 Å². The molecule has 0 spiro atoms. The first-order chi connectivity index (χ1) is 11.0. The summed E-state index contributed by atoms with van der Waals surface area (Å²) in [6, 6.07) is 12.8. The molecule has 0 radical (unpaired) electrons. The van der Waals surface area contributed by atoms with Crippen LogP contribution in [-0.4, -0.2) is 16.8 Å². The number of benzene rings is 2. The van der Waals surface area contributed by atoms with Gasteiger partial charge in [0.1, 0.15) is 11.5 Å². The Kier molecular flexibility index (Phi) is 3.93. The Morgan fingerprint density at radius 3 is 2.48 bits per heavy atom. The first-order valence-corrected chi connectivity index (χ1v) is 7.19. The van der Waals surface area contributed by atoms with E-state index in [1.165, 1.54) is 12.1 Å². The summed E-state index contributed by atoms with van der Waals surface area (Å²) in [5, 5.41) is 2.59. The van der Waals surface area contributed by atoms with Crippen LogP contribution in [0.3, 0.4) is 0 Å². The van der Waals surface area contributed by atoms with Crippen molar-refractivity contribution in [3.63, 3.8) is 0 Å². The summed E-state index contributed by atoms with van der Waals surface area (Å²) >= 11 is 0. The maximum Gasteiger partial charge on any atom is 0.329 e. The van der Waals surface area contributed by atoms with Crippen LogP contribution in [-0.2, 0) is 11.3 Å². The van der Waals surface area contributed by atoms with E-state index < -0.39 is 6.03 Å². The molecule has 0 aromatic heterocycles. The van der Waals surface area contributed by atoms with Gasteiger partial charge in [-0.25, -0.2) is 9.18 Å². The van der Waals surface area contributed by atoms with Crippen molar-refractivity contribution < 1.29 is 14.0 Å². The smallest absolute Gasteiger partial charge is 0.303 e. The summed E-state index contributed by atoms with van der Waals surface area (Å²) in [6.45, 7) is 2.04. The number of imide groups is 1. The van der Waals surface area contributed by atoms with E-state index in [2.05, 4.69) is 5.32 Å². The third kappa shape index (κ3) is 3.13. The average Bonchev–Trinajstić information content (AvgIpc) is 2.79. The van der Waals surface area contributed by atoms with Crippen LogP contribution in [0.2, 0.25) is 0 Å². The van der Waals surface area contributed by atoms with E-state index in [-0.39, 0.29) is 24.0 Å². The second kappa shape index (κ2) is 6.04. The van der Waals surface area contributed by atoms with Crippen molar-refractivity contribution >= 4 is 18.0 Å². The number of carbonyl (C=O) groups is 2. The number of halogens is 1. The molecule has 1 aliphatic heterocycles. The zero-order valence-corrected chi connectivity index (χ0v) is 12.5. The minimum atomic E-state index is -0.473. The van der Waals surface area contributed by atoms with Crippen molar-refractivity contribution in [1.82, 2.24) is 10.2 Å². The molecule has 5 heteroatoms. The summed E-state index contributed by atoms with van der Waals surface area (Å²) < 4.78 is 12.9. The van der Waals surface area contributed by atoms with Gasteiger partial charge < -0.3 is 5.32 Å². The third-order valence-corrected chi connectivity index (χ3v) is 3.70. The van der Waals surface area contributed by atoms with Gasteiger partial charge in [-0.05, 0) is 41.8 Å². The monoisotopic (exact) mass is 310 g/mol. The molecule has 0 bridgehead atoms. The van der Waals surface area contributed by atoms with Crippen molar-refractivity contribution in [1.29, 1.82) is 0 Å². The summed E-state index contributed by atoms with van der Waals surface area (Å²) in [5.74, 6) is -0.742. The third-order valence-electron chi connectivity index (χ3n) is 3.70. The number of carbonyl (C=O) groups excluding carboxylic acids is 2. The van der Waals surface area contributed by atoms with Crippen LogP contribution in [0.4, 0.5) is 9.18 Å². The molecule has 3 rings (SSSR count). The number of nitrogens with one attached hydrogen (secondary N) is 1. The Labute approximate surface area is 133 Å². The van der Waals surface area contributed by atoms with E-state index in [1.807, 2.05) is 31.2 Å². The number of aryl methyl sites for hydroxylation is 1. The van der Waals surface area contributed by atoms with E-state index in [0.717, 1.165) is 16.0 Å². The molecule has 1 heterocycles. The largest absolute Gasteiger partial charge is 0.329 e. The van der Waals surface area contributed by atoms with Gasteiger partial charge in [0.25, 0.3) is 5.91 Å². The molecule has 2 aromatic rings. The van der Waals surface area contributed by atoms with Gasteiger partial charge in [0.15, 0.2) is 0 Å². The summed E-state index contributed by atoms with van der Waals surface area (Å²) in [6.07, 6.45) is 1.67. The molecule has 23 heavy (non-hydrogen) atoms. The van der Waals surface area contributed by atoms with E-state index in [4.69, 9.17) is 0 Å². The molecule has 4 nitrogen and oxygen atoms in total. The molecule has 1 N–H and O–H groups in total. The van der Waals surface area contributed by atoms with Gasteiger partial charge >= 0.3 is 6.03 Å². The molecule has 1 aliphatic rings. The van der Waals surface area contributed by atoms with Crippen molar-refractivity contribution in [2.24, 2.45) is 0 Å².